The zero-order valence-corrected chi connectivity index (χ0v) is 39.1. The van der Waals surface area contributed by atoms with Gasteiger partial charge >= 0.3 is 5.69 Å². The van der Waals surface area contributed by atoms with Crippen LogP contribution in [0.15, 0.2) is 89.5 Å². The SMILES string of the molecule is CC1(C)CCC(CN2CCN(c3ccc(C(=O)NS(=O)(=O)c4ccc(OCC5CCC(C)(O)CC5)c([N+](=O)[O-])c4)c(N4CCOc5nc6[nH]ccc6cc54)c3)CC2)=C(c2ccc(Cl)cc2)C1. The Morgan fingerprint density at radius 3 is 2.48 bits per heavy atom. The highest BCUT2D eigenvalue weighted by Gasteiger charge is 2.33. The number of carbonyl (C=O) groups excluding carboxylic acids is 1. The Morgan fingerprint density at radius 1 is 0.985 bits per heavy atom. The number of halogens is 1. The molecule has 0 unspecified atom stereocenters. The van der Waals surface area contributed by atoms with Gasteiger partial charge in [0.2, 0.25) is 5.88 Å². The summed E-state index contributed by atoms with van der Waals surface area (Å²) in [7, 11) is -4.61. The minimum Gasteiger partial charge on any atom is -0.487 e. The lowest BCUT2D eigenvalue weighted by molar-refractivity contribution is -0.386. The first kappa shape index (κ1) is 45.5. The molecule has 9 rings (SSSR count). The standard InChI is InChI=1S/C49H56ClN7O8S/c1-48(2)16-14-35(40(29-48)33-4-6-36(50)7-5-33)30-54-20-22-55(23-21-54)37-8-10-39(41(27-37)56-24-25-64-47-43(56)26-34-15-19-51-45(34)52-47)46(58)53-66(62,63)38-9-11-44(42(28-38)57(60)61)65-31-32-12-17-49(3,59)18-13-32/h4-11,15,19,26-28,32,59H,12-14,16-18,20-25,29-31H2,1-3H3,(H,51,52)(H,53,58). The van der Waals surface area contributed by atoms with Crippen molar-refractivity contribution in [1.82, 2.24) is 19.6 Å². The Kier molecular flexibility index (Phi) is 12.5. The molecule has 17 heteroatoms. The van der Waals surface area contributed by atoms with Crippen molar-refractivity contribution in [3.63, 3.8) is 0 Å². The Balaban J connectivity index is 0.964. The fourth-order valence-corrected chi connectivity index (χ4v) is 10.8. The minimum absolute atomic E-state index is 0.0738. The molecule has 0 spiro atoms. The lowest BCUT2D eigenvalue weighted by atomic mass is 9.72. The number of hydrogen-bond acceptors (Lipinski definition) is 12. The largest absolute Gasteiger partial charge is 0.487 e. The van der Waals surface area contributed by atoms with Crippen molar-refractivity contribution in [3.8, 4) is 11.6 Å². The van der Waals surface area contributed by atoms with E-state index in [9.17, 15) is 28.4 Å². The van der Waals surface area contributed by atoms with Gasteiger partial charge in [0.15, 0.2) is 5.75 Å². The summed E-state index contributed by atoms with van der Waals surface area (Å²) in [5.74, 6) is -0.512. The van der Waals surface area contributed by atoms with E-state index in [1.807, 2.05) is 41.3 Å². The fraction of sp³-hybridized carbons (Fsp3) is 0.429. The summed E-state index contributed by atoms with van der Waals surface area (Å²) >= 11 is 6.27. The van der Waals surface area contributed by atoms with Crippen LogP contribution in [0.4, 0.5) is 22.7 Å². The topological polar surface area (TPSA) is 183 Å². The van der Waals surface area contributed by atoms with Crippen LogP contribution < -0.4 is 24.0 Å². The molecule has 2 aromatic heterocycles. The van der Waals surface area contributed by atoms with Crippen LogP contribution in [-0.4, -0.2) is 97.3 Å². The van der Waals surface area contributed by atoms with Crippen molar-refractivity contribution in [2.24, 2.45) is 11.3 Å². The second-order valence-electron chi connectivity index (χ2n) is 19.2. The van der Waals surface area contributed by atoms with Crippen molar-refractivity contribution in [1.29, 1.82) is 0 Å². The number of carbonyl (C=O) groups is 1. The summed E-state index contributed by atoms with van der Waals surface area (Å²) in [5, 5.41) is 24.1. The zero-order chi connectivity index (χ0) is 46.4. The molecule has 348 valence electrons. The molecule has 2 aliphatic heterocycles. The third kappa shape index (κ3) is 9.87. The van der Waals surface area contributed by atoms with Gasteiger partial charge in [-0.1, -0.05) is 43.2 Å². The highest BCUT2D eigenvalue weighted by Crippen LogP contribution is 2.44. The van der Waals surface area contributed by atoms with Crippen LogP contribution in [0.2, 0.25) is 5.02 Å². The molecule has 1 saturated heterocycles. The quantitative estimate of drug-likeness (QED) is 0.0799. The molecule has 3 N–H and O–H groups in total. The monoisotopic (exact) mass is 937 g/mol. The molecule has 0 atom stereocenters. The smallest absolute Gasteiger partial charge is 0.312 e. The summed E-state index contributed by atoms with van der Waals surface area (Å²) in [5.41, 5.74) is 5.75. The number of fused-ring (bicyclic) bond motifs is 2. The van der Waals surface area contributed by atoms with Crippen molar-refractivity contribution in [3.05, 3.63) is 111 Å². The lowest BCUT2D eigenvalue weighted by Gasteiger charge is -2.39. The van der Waals surface area contributed by atoms with Gasteiger partial charge < -0.3 is 29.4 Å². The number of nitrogens with zero attached hydrogens (tertiary/aromatic N) is 5. The van der Waals surface area contributed by atoms with Crippen molar-refractivity contribution < 1.29 is 32.7 Å². The van der Waals surface area contributed by atoms with Gasteiger partial charge in [0.05, 0.1) is 39.8 Å². The second-order valence-corrected chi connectivity index (χ2v) is 21.3. The highest BCUT2D eigenvalue weighted by molar-refractivity contribution is 7.90. The number of pyridine rings is 1. The maximum atomic E-state index is 14.3. The van der Waals surface area contributed by atoms with E-state index in [2.05, 4.69) is 50.5 Å². The van der Waals surface area contributed by atoms with Crippen molar-refractivity contribution >= 4 is 66.9 Å². The van der Waals surface area contributed by atoms with Gasteiger partial charge in [0.25, 0.3) is 15.9 Å². The first-order valence-corrected chi connectivity index (χ1v) is 24.5. The molecular formula is C49H56ClN7O8S. The van der Waals surface area contributed by atoms with Crippen LogP contribution in [0.1, 0.15) is 81.6 Å². The molecule has 4 aliphatic rings. The predicted octanol–water partition coefficient (Wildman–Crippen LogP) is 8.88. The first-order chi connectivity index (χ1) is 31.5. The predicted molar refractivity (Wildman–Crippen MR) is 256 cm³/mol. The van der Waals surface area contributed by atoms with Gasteiger partial charge in [-0.25, -0.2) is 13.1 Å². The molecule has 2 fully saturated rings. The maximum Gasteiger partial charge on any atom is 0.312 e. The number of amides is 1. The van der Waals surface area contributed by atoms with Gasteiger partial charge in [-0.3, -0.25) is 19.8 Å². The normalized spacial score (nSPS) is 21.3. The number of hydrogen-bond donors (Lipinski definition) is 3. The molecular weight excluding hydrogens is 882 g/mol. The number of nitro groups is 1. The number of benzene rings is 3. The molecule has 66 heavy (non-hydrogen) atoms. The van der Waals surface area contributed by atoms with Gasteiger partial charge in [0, 0.05) is 61.1 Å². The number of nitrogens with one attached hydrogen (secondary N) is 2. The number of sulfonamides is 1. The number of aliphatic hydroxyl groups is 1. The Hall–Kier alpha value is -5.68. The lowest BCUT2D eigenvalue weighted by Crippen LogP contribution is -2.47. The van der Waals surface area contributed by atoms with Crippen molar-refractivity contribution in [2.75, 3.05) is 62.3 Å². The molecule has 0 radical (unpaired) electrons. The van der Waals surface area contributed by atoms with E-state index in [1.165, 1.54) is 28.8 Å². The number of piperazine rings is 1. The fourth-order valence-electron chi connectivity index (χ4n) is 9.73. The average Bonchev–Trinajstić information content (AvgIpc) is 3.76. The molecule has 1 amide bonds. The number of allylic oxidation sites excluding steroid dienone is 1. The number of ether oxygens (including phenoxy) is 2. The van der Waals surface area contributed by atoms with Crippen LogP contribution in [0.3, 0.4) is 0 Å². The molecule has 2 aliphatic carbocycles. The number of nitro benzene ring substituents is 1. The van der Waals surface area contributed by atoms with Gasteiger partial charge in [0.1, 0.15) is 17.9 Å². The highest BCUT2D eigenvalue weighted by atomic mass is 35.5. The van der Waals surface area contributed by atoms with Gasteiger partial charge in [-0.15, -0.1) is 0 Å². The third-order valence-electron chi connectivity index (χ3n) is 13.7. The number of aromatic nitrogens is 2. The van der Waals surface area contributed by atoms with E-state index in [0.29, 0.717) is 55.1 Å². The number of rotatable bonds is 12. The van der Waals surface area contributed by atoms with E-state index in [1.54, 1.807) is 19.2 Å². The Morgan fingerprint density at radius 2 is 1.74 bits per heavy atom. The number of H-pyrrole nitrogens is 1. The van der Waals surface area contributed by atoms with Crippen molar-refractivity contribution in [2.45, 2.75) is 76.2 Å². The second kappa shape index (κ2) is 18.2. The first-order valence-electron chi connectivity index (χ1n) is 22.7. The number of anilines is 3. The molecule has 0 bridgehead atoms. The zero-order valence-electron chi connectivity index (χ0n) is 37.5. The summed E-state index contributed by atoms with van der Waals surface area (Å²) in [6.45, 7) is 11.3. The summed E-state index contributed by atoms with van der Waals surface area (Å²) in [4.78, 5) is 39.9. The van der Waals surface area contributed by atoms with Crippen LogP contribution in [0.25, 0.3) is 16.6 Å². The average molecular weight is 939 g/mol. The third-order valence-corrected chi connectivity index (χ3v) is 15.3. The Bertz CT molecular complexity index is 2790. The maximum absolute atomic E-state index is 14.3. The van der Waals surface area contributed by atoms with E-state index >= 15 is 0 Å². The van der Waals surface area contributed by atoms with E-state index in [0.717, 1.165) is 74.1 Å². The molecule has 3 aromatic carbocycles. The minimum atomic E-state index is -4.61. The van der Waals surface area contributed by atoms with Crippen LogP contribution in [0.5, 0.6) is 11.6 Å². The number of aromatic amines is 1. The summed E-state index contributed by atoms with van der Waals surface area (Å²) < 4.78 is 41.9. The Labute approximate surface area is 389 Å². The molecule has 5 aromatic rings. The van der Waals surface area contributed by atoms with Crippen LogP contribution >= 0.6 is 11.6 Å². The van der Waals surface area contributed by atoms with Gasteiger partial charge in [-0.2, -0.15) is 4.98 Å². The molecule has 4 heterocycles. The van der Waals surface area contributed by atoms with E-state index in [-0.39, 0.29) is 35.9 Å². The molecule has 1 saturated carbocycles. The van der Waals surface area contributed by atoms with Gasteiger partial charge in [-0.05, 0) is 129 Å². The summed E-state index contributed by atoms with van der Waals surface area (Å²) in [6, 6.07) is 20.8. The van der Waals surface area contributed by atoms with Crippen LogP contribution in [0, 0.1) is 21.4 Å². The summed E-state index contributed by atoms with van der Waals surface area (Å²) in [6.07, 6.45) is 7.57. The van der Waals surface area contributed by atoms with Crippen LogP contribution in [-0.2, 0) is 10.0 Å². The van der Waals surface area contributed by atoms with E-state index < -0.39 is 37.0 Å². The van der Waals surface area contributed by atoms with E-state index in [4.69, 9.17) is 21.1 Å². The molecule has 15 nitrogen and oxygen atoms in total.